The van der Waals surface area contributed by atoms with Gasteiger partial charge in [0.05, 0.1) is 7.11 Å². The molecule has 0 radical (unpaired) electrons. The number of methoxy groups -OCH3 is 1. The smallest absolute Gasteiger partial charge is 0.357 e. The number of carbonyl (C=O) groups is 2. The number of ether oxygens (including phenoxy) is 2. The van der Waals surface area contributed by atoms with Gasteiger partial charge in [-0.2, -0.15) is 0 Å². The van der Waals surface area contributed by atoms with Crippen molar-refractivity contribution in [1.29, 1.82) is 0 Å². The van der Waals surface area contributed by atoms with Crippen molar-refractivity contribution in [3.05, 3.63) is 21.6 Å². The summed E-state index contributed by atoms with van der Waals surface area (Å²) >= 11 is 0. The van der Waals surface area contributed by atoms with Crippen molar-refractivity contribution in [3.8, 4) is 0 Å². The summed E-state index contributed by atoms with van der Waals surface area (Å²) in [6, 6.07) is 0. The molecule has 0 aliphatic carbocycles. The molecule has 1 heterocycles. The van der Waals surface area contributed by atoms with Crippen LogP contribution in [0.3, 0.4) is 0 Å². The van der Waals surface area contributed by atoms with Crippen LogP contribution in [0.4, 0.5) is 0 Å². The number of aromatic nitrogens is 2. The maximum absolute atomic E-state index is 12.4. The van der Waals surface area contributed by atoms with Gasteiger partial charge in [0, 0.05) is 6.54 Å². The molecule has 0 fully saturated rings. The van der Waals surface area contributed by atoms with E-state index in [0.29, 0.717) is 12.5 Å². The first-order chi connectivity index (χ1) is 10.1. The Bertz CT molecular complexity index is 604. The second-order valence-electron chi connectivity index (χ2n) is 6.49. The number of hydrogen-bond acceptors (Lipinski definition) is 5. The van der Waals surface area contributed by atoms with E-state index in [4.69, 9.17) is 4.74 Å². The number of nitrogens with one attached hydrogen (secondary N) is 1. The zero-order chi connectivity index (χ0) is 17.1. The van der Waals surface area contributed by atoms with E-state index in [9.17, 15) is 14.4 Å². The summed E-state index contributed by atoms with van der Waals surface area (Å²) in [5.41, 5.74) is -1.83. The van der Waals surface area contributed by atoms with E-state index in [1.165, 1.54) is 11.8 Å². The summed E-state index contributed by atoms with van der Waals surface area (Å²) in [6.07, 6.45) is 0.731. The summed E-state index contributed by atoms with van der Waals surface area (Å²) in [6.45, 7) is 9.48. The summed E-state index contributed by atoms with van der Waals surface area (Å²) < 4.78 is 11.1. The lowest BCUT2D eigenvalue weighted by molar-refractivity contribution is 0.00636. The molecule has 0 aliphatic heterocycles. The van der Waals surface area contributed by atoms with Crippen LogP contribution in [0, 0.1) is 5.92 Å². The van der Waals surface area contributed by atoms with Gasteiger partial charge in [-0.3, -0.25) is 14.6 Å². The minimum atomic E-state index is -0.836. The van der Waals surface area contributed by atoms with E-state index in [1.54, 1.807) is 20.8 Å². The van der Waals surface area contributed by atoms with E-state index in [0.717, 1.165) is 6.42 Å². The van der Waals surface area contributed by atoms with Gasteiger partial charge in [0.25, 0.3) is 5.56 Å². The Hall–Kier alpha value is -2.05. The van der Waals surface area contributed by atoms with E-state index in [-0.39, 0.29) is 11.3 Å². The lowest BCUT2D eigenvalue weighted by Gasteiger charge is -2.18. The fourth-order valence-electron chi connectivity index (χ4n) is 1.80. The van der Waals surface area contributed by atoms with Crippen molar-refractivity contribution in [3.63, 3.8) is 0 Å². The fraction of sp³-hybridized carbons (Fsp3) is 0.667. The fourth-order valence-corrected chi connectivity index (χ4v) is 1.80. The van der Waals surface area contributed by atoms with E-state index < -0.39 is 23.1 Å². The second kappa shape index (κ2) is 6.81. The molecule has 1 aromatic heterocycles. The standard InChI is InChI=1S/C15H24N2O5/c1-9(2)7-8-17-12(18)10(11(16-17)14(20)21-6)13(19)22-15(3,4)5/h9,16H,7-8H2,1-6H3. The first kappa shape index (κ1) is 18.0. The molecule has 7 heteroatoms. The van der Waals surface area contributed by atoms with Gasteiger partial charge in [-0.05, 0) is 33.1 Å². The van der Waals surface area contributed by atoms with Crippen LogP contribution >= 0.6 is 0 Å². The molecule has 1 rings (SSSR count). The average Bonchev–Trinajstić information content (AvgIpc) is 2.70. The lowest BCUT2D eigenvalue weighted by Crippen LogP contribution is -2.29. The number of H-pyrrole nitrogens is 1. The van der Waals surface area contributed by atoms with Gasteiger partial charge in [-0.15, -0.1) is 0 Å². The molecule has 0 atom stereocenters. The molecule has 0 aliphatic rings. The Morgan fingerprint density at radius 1 is 1.23 bits per heavy atom. The first-order valence-electron chi connectivity index (χ1n) is 7.21. The van der Waals surface area contributed by atoms with Crippen molar-refractivity contribution in [2.75, 3.05) is 7.11 Å². The van der Waals surface area contributed by atoms with E-state index in [1.807, 2.05) is 13.8 Å². The molecule has 0 bridgehead atoms. The molecule has 0 saturated carbocycles. The number of aryl methyl sites for hydroxylation is 1. The highest BCUT2D eigenvalue weighted by Gasteiger charge is 2.30. The molecule has 22 heavy (non-hydrogen) atoms. The number of hydrogen-bond donors (Lipinski definition) is 1. The number of rotatable bonds is 5. The molecule has 1 aromatic rings. The van der Waals surface area contributed by atoms with Crippen LogP contribution in [-0.2, 0) is 16.0 Å². The molecule has 0 unspecified atom stereocenters. The van der Waals surface area contributed by atoms with Crippen LogP contribution in [-0.4, -0.2) is 34.4 Å². The number of aromatic amines is 1. The van der Waals surface area contributed by atoms with Crippen LogP contribution < -0.4 is 5.56 Å². The van der Waals surface area contributed by atoms with Gasteiger partial charge < -0.3 is 9.47 Å². The molecule has 1 N–H and O–H groups in total. The molecular weight excluding hydrogens is 288 g/mol. The quantitative estimate of drug-likeness (QED) is 0.839. The molecule has 0 spiro atoms. The largest absolute Gasteiger partial charge is 0.464 e. The lowest BCUT2D eigenvalue weighted by atomic mass is 10.1. The SMILES string of the molecule is COC(=O)c1[nH]n(CCC(C)C)c(=O)c1C(=O)OC(C)(C)C. The molecule has 0 saturated heterocycles. The van der Waals surface area contributed by atoms with Crippen LogP contribution in [0.5, 0.6) is 0 Å². The van der Waals surface area contributed by atoms with Gasteiger partial charge in [0.15, 0.2) is 11.3 Å². The van der Waals surface area contributed by atoms with E-state index in [2.05, 4.69) is 9.84 Å². The van der Waals surface area contributed by atoms with Crippen LogP contribution in [0.15, 0.2) is 4.79 Å². The van der Waals surface area contributed by atoms with Crippen molar-refractivity contribution < 1.29 is 19.1 Å². The van der Waals surface area contributed by atoms with Gasteiger partial charge in [-0.1, -0.05) is 13.8 Å². The predicted molar refractivity (Wildman–Crippen MR) is 81.0 cm³/mol. The molecule has 124 valence electrons. The third-order valence-electron chi connectivity index (χ3n) is 2.88. The zero-order valence-electron chi connectivity index (χ0n) is 14.0. The monoisotopic (exact) mass is 312 g/mol. The molecule has 0 aromatic carbocycles. The maximum Gasteiger partial charge on any atom is 0.357 e. The highest BCUT2D eigenvalue weighted by Crippen LogP contribution is 2.13. The first-order valence-corrected chi connectivity index (χ1v) is 7.21. The Labute approximate surface area is 129 Å². The minimum absolute atomic E-state index is 0.175. The maximum atomic E-state index is 12.4. The highest BCUT2D eigenvalue weighted by molar-refractivity contribution is 6.01. The Balaban J connectivity index is 3.25. The topological polar surface area (TPSA) is 90.4 Å². The summed E-state index contributed by atoms with van der Waals surface area (Å²) in [5.74, 6) is -1.24. The number of nitrogens with zero attached hydrogens (tertiary/aromatic N) is 1. The van der Waals surface area contributed by atoms with Crippen LogP contribution in [0.2, 0.25) is 0 Å². The summed E-state index contributed by atoms with van der Waals surface area (Å²) in [4.78, 5) is 36.4. The summed E-state index contributed by atoms with van der Waals surface area (Å²) in [7, 11) is 1.19. The minimum Gasteiger partial charge on any atom is -0.464 e. The van der Waals surface area contributed by atoms with Gasteiger partial charge in [-0.25, -0.2) is 9.59 Å². The summed E-state index contributed by atoms with van der Waals surface area (Å²) in [5, 5.41) is 2.65. The highest BCUT2D eigenvalue weighted by atomic mass is 16.6. The number of esters is 2. The van der Waals surface area contributed by atoms with Crippen LogP contribution in [0.25, 0.3) is 0 Å². The van der Waals surface area contributed by atoms with Crippen molar-refractivity contribution in [2.24, 2.45) is 5.92 Å². The van der Waals surface area contributed by atoms with Gasteiger partial charge in [0.2, 0.25) is 0 Å². The third kappa shape index (κ3) is 4.47. The normalized spacial score (nSPS) is 11.6. The van der Waals surface area contributed by atoms with Crippen molar-refractivity contribution in [2.45, 2.75) is 53.2 Å². The number of carbonyl (C=O) groups excluding carboxylic acids is 2. The predicted octanol–water partition coefficient (Wildman–Crippen LogP) is 1.96. The Morgan fingerprint density at radius 3 is 2.27 bits per heavy atom. The van der Waals surface area contributed by atoms with Crippen molar-refractivity contribution >= 4 is 11.9 Å². The second-order valence-corrected chi connectivity index (χ2v) is 6.49. The van der Waals surface area contributed by atoms with Crippen LogP contribution in [0.1, 0.15) is 61.9 Å². The van der Waals surface area contributed by atoms with Gasteiger partial charge >= 0.3 is 11.9 Å². The average molecular weight is 312 g/mol. The molecule has 0 amide bonds. The Kier molecular flexibility index (Phi) is 5.57. The molecule has 7 nitrogen and oxygen atoms in total. The third-order valence-corrected chi connectivity index (χ3v) is 2.88. The molecular formula is C15H24N2O5. The van der Waals surface area contributed by atoms with Gasteiger partial charge in [0.1, 0.15) is 5.60 Å². The van der Waals surface area contributed by atoms with E-state index >= 15 is 0 Å². The zero-order valence-corrected chi connectivity index (χ0v) is 14.0. The van der Waals surface area contributed by atoms with Crippen molar-refractivity contribution in [1.82, 2.24) is 9.78 Å². The Morgan fingerprint density at radius 2 is 1.82 bits per heavy atom.